The van der Waals surface area contributed by atoms with E-state index in [-0.39, 0.29) is 11.9 Å². The van der Waals surface area contributed by atoms with Crippen molar-refractivity contribution in [3.05, 3.63) is 71.0 Å². The Hall–Kier alpha value is -2.87. The van der Waals surface area contributed by atoms with Crippen molar-refractivity contribution in [3.8, 4) is 6.07 Å². The molecule has 0 aliphatic carbocycles. The van der Waals surface area contributed by atoms with E-state index in [1.807, 2.05) is 52.0 Å². The summed E-state index contributed by atoms with van der Waals surface area (Å²) in [5, 5.41) is 9.55. The van der Waals surface area contributed by atoms with Gasteiger partial charge in [0.25, 0.3) is 0 Å². The van der Waals surface area contributed by atoms with Crippen molar-refractivity contribution in [2.45, 2.75) is 52.2 Å². The van der Waals surface area contributed by atoms with Crippen LogP contribution >= 0.6 is 0 Å². The molecule has 152 valence electrons. The SMILES string of the molecule is Cc1ccc(C(C)N2CCC(CC(C)(C)C#N)(c3ccc(F)cc3)OC2=O)cc1. The third-order valence-electron chi connectivity index (χ3n) is 5.70. The van der Waals surface area contributed by atoms with Gasteiger partial charge in [-0.1, -0.05) is 42.0 Å². The topological polar surface area (TPSA) is 53.3 Å². The van der Waals surface area contributed by atoms with E-state index in [2.05, 4.69) is 6.07 Å². The highest BCUT2D eigenvalue weighted by atomic mass is 19.1. The number of halogens is 1. The molecular weight excluding hydrogens is 367 g/mol. The van der Waals surface area contributed by atoms with Crippen LogP contribution < -0.4 is 0 Å². The fourth-order valence-electron chi connectivity index (χ4n) is 3.98. The van der Waals surface area contributed by atoms with Gasteiger partial charge in [0.1, 0.15) is 11.4 Å². The molecule has 1 fully saturated rings. The Balaban J connectivity index is 1.89. The lowest BCUT2D eigenvalue weighted by Crippen LogP contribution is -2.50. The fourth-order valence-corrected chi connectivity index (χ4v) is 3.98. The summed E-state index contributed by atoms with van der Waals surface area (Å²) < 4.78 is 19.5. The molecule has 0 saturated carbocycles. The monoisotopic (exact) mass is 394 g/mol. The molecule has 0 bridgehead atoms. The van der Waals surface area contributed by atoms with Crippen LogP contribution in [0.3, 0.4) is 0 Å². The molecule has 0 N–H and O–H groups in total. The van der Waals surface area contributed by atoms with Gasteiger partial charge in [-0.2, -0.15) is 5.26 Å². The Labute approximate surface area is 171 Å². The van der Waals surface area contributed by atoms with Crippen LogP contribution in [0.2, 0.25) is 0 Å². The minimum atomic E-state index is -0.951. The molecule has 2 atom stereocenters. The molecule has 2 aromatic carbocycles. The zero-order valence-corrected chi connectivity index (χ0v) is 17.4. The summed E-state index contributed by atoms with van der Waals surface area (Å²) in [5.74, 6) is -0.347. The van der Waals surface area contributed by atoms with Gasteiger partial charge in [-0.3, -0.25) is 0 Å². The Morgan fingerprint density at radius 1 is 1.21 bits per heavy atom. The Morgan fingerprint density at radius 3 is 2.38 bits per heavy atom. The molecule has 3 rings (SSSR count). The van der Waals surface area contributed by atoms with Crippen molar-refractivity contribution in [2.75, 3.05) is 6.54 Å². The average molecular weight is 394 g/mol. The van der Waals surface area contributed by atoms with Crippen LogP contribution in [0.25, 0.3) is 0 Å². The third kappa shape index (κ3) is 4.42. The lowest BCUT2D eigenvalue weighted by Gasteiger charge is -2.45. The van der Waals surface area contributed by atoms with Crippen LogP contribution in [0.15, 0.2) is 48.5 Å². The van der Waals surface area contributed by atoms with E-state index >= 15 is 0 Å². The van der Waals surface area contributed by atoms with Gasteiger partial charge >= 0.3 is 6.09 Å². The second-order valence-corrected chi connectivity index (χ2v) is 8.57. The first kappa shape index (κ1) is 20.9. The number of cyclic esters (lactones) is 1. The molecule has 1 heterocycles. The number of nitriles is 1. The maximum Gasteiger partial charge on any atom is 0.411 e. The van der Waals surface area contributed by atoms with Crippen LogP contribution in [-0.2, 0) is 10.3 Å². The van der Waals surface area contributed by atoms with E-state index in [0.29, 0.717) is 19.4 Å². The van der Waals surface area contributed by atoms with Gasteiger partial charge in [-0.15, -0.1) is 0 Å². The summed E-state index contributed by atoms with van der Waals surface area (Å²) in [4.78, 5) is 14.8. The summed E-state index contributed by atoms with van der Waals surface area (Å²) in [7, 11) is 0. The van der Waals surface area contributed by atoms with Gasteiger partial charge in [-0.25, -0.2) is 9.18 Å². The maximum absolute atomic E-state index is 13.5. The predicted molar refractivity (Wildman–Crippen MR) is 109 cm³/mol. The highest BCUT2D eigenvalue weighted by Crippen LogP contribution is 2.44. The summed E-state index contributed by atoms with van der Waals surface area (Å²) in [6, 6.07) is 16.3. The Kier molecular flexibility index (Phi) is 5.66. The first-order chi connectivity index (χ1) is 13.7. The van der Waals surface area contributed by atoms with Crippen molar-refractivity contribution in [1.29, 1.82) is 5.26 Å². The molecule has 1 aliphatic heterocycles. The zero-order valence-electron chi connectivity index (χ0n) is 17.4. The molecule has 5 heteroatoms. The number of nitrogens with zero attached hydrogens (tertiary/aromatic N) is 2. The van der Waals surface area contributed by atoms with Gasteiger partial charge in [0.15, 0.2) is 0 Å². The average Bonchev–Trinajstić information content (AvgIpc) is 2.68. The lowest BCUT2D eigenvalue weighted by atomic mass is 9.75. The Morgan fingerprint density at radius 2 is 1.83 bits per heavy atom. The maximum atomic E-state index is 13.5. The van der Waals surface area contributed by atoms with Gasteiger partial charge < -0.3 is 9.64 Å². The second-order valence-electron chi connectivity index (χ2n) is 8.57. The number of carbonyl (C=O) groups is 1. The minimum absolute atomic E-state index is 0.127. The zero-order chi connectivity index (χ0) is 21.2. The molecule has 1 saturated heterocycles. The van der Waals surface area contributed by atoms with Gasteiger partial charge in [0, 0.05) is 19.4 Å². The summed E-state index contributed by atoms with van der Waals surface area (Å²) in [6.45, 7) is 8.15. The molecule has 1 aliphatic rings. The minimum Gasteiger partial charge on any atom is -0.438 e. The lowest BCUT2D eigenvalue weighted by molar-refractivity contribution is -0.0770. The number of benzene rings is 2. The number of rotatable bonds is 5. The van der Waals surface area contributed by atoms with Gasteiger partial charge in [-0.05, 0) is 51.0 Å². The molecule has 2 unspecified atom stereocenters. The van der Waals surface area contributed by atoms with E-state index < -0.39 is 17.1 Å². The number of aryl methyl sites for hydroxylation is 1. The molecule has 0 radical (unpaired) electrons. The standard InChI is InChI=1S/C24H27FN2O2/c1-17-5-7-19(8-6-17)18(2)27-14-13-24(29-22(27)28,15-23(3,4)16-26)20-9-11-21(25)12-10-20/h5-12,18H,13-15H2,1-4H3. The van der Waals surface area contributed by atoms with Gasteiger partial charge in [0.2, 0.25) is 0 Å². The predicted octanol–water partition coefficient (Wildman–Crippen LogP) is 5.87. The smallest absolute Gasteiger partial charge is 0.411 e. The molecule has 2 aromatic rings. The number of amides is 1. The van der Waals surface area contributed by atoms with E-state index in [0.717, 1.165) is 16.7 Å². The second kappa shape index (κ2) is 7.87. The molecular formula is C24H27FN2O2. The van der Waals surface area contributed by atoms with E-state index in [9.17, 15) is 14.4 Å². The van der Waals surface area contributed by atoms with Gasteiger partial charge in [0.05, 0.1) is 17.5 Å². The first-order valence-corrected chi connectivity index (χ1v) is 9.89. The molecule has 1 amide bonds. The number of carbonyl (C=O) groups excluding carboxylic acids is 1. The largest absolute Gasteiger partial charge is 0.438 e. The summed E-state index contributed by atoms with van der Waals surface area (Å²) in [5.41, 5.74) is 1.28. The van der Waals surface area contributed by atoms with Crippen molar-refractivity contribution in [1.82, 2.24) is 4.90 Å². The highest BCUT2D eigenvalue weighted by Gasteiger charge is 2.46. The van der Waals surface area contributed by atoms with E-state index in [1.54, 1.807) is 17.0 Å². The van der Waals surface area contributed by atoms with Crippen LogP contribution in [0.4, 0.5) is 9.18 Å². The van der Waals surface area contributed by atoms with Crippen LogP contribution in [0, 0.1) is 29.5 Å². The summed E-state index contributed by atoms with van der Waals surface area (Å²) >= 11 is 0. The number of ether oxygens (including phenoxy) is 1. The normalized spacial score (nSPS) is 20.7. The van der Waals surface area contributed by atoms with Crippen LogP contribution in [0.5, 0.6) is 0 Å². The quantitative estimate of drug-likeness (QED) is 0.637. The fraction of sp³-hybridized carbons (Fsp3) is 0.417. The molecule has 4 nitrogen and oxygen atoms in total. The van der Waals surface area contributed by atoms with Crippen molar-refractivity contribution in [2.24, 2.45) is 5.41 Å². The number of hydrogen-bond acceptors (Lipinski definition) is 3. The molecule has 0 aromatic heterocycles. The van der Waals surface area contributed by atoms with Crippen molar-refractivity contribution >= 4 is 6.09 Å². The molecule has 29 heavy (non-hydrogen) atoms. The highest BCUT2D eigenvalue weighted by molar-refractivity contribution is 5.70. The first-order valence-electron chi connectivity index (χ1n) is 9.89. The van der Waals surface area contributed by atoms with E-state index in [1.165, 1.54) is 12.1 Å². The molecule has 0 spiro atoms. The number of hydrogen-bond donors (Lipinski definition) is 0. The van der Waals surface area contributed by atoms with Crippen molar-refractivity contribution in [3.63, 3.8) is 0 Å². The van der Waals surface area contributed by atoms with E-state index in [4.69, 9.17) is 4.74 Å². The van der Waals surface area contributed by atoms with Crippen molar-refractivity contribution < 1.29 is 13.9 Å². The van der Waals surface area contributed by atoms with Crippen LogP contribution in [-0.4, -0.2) is 17.5 Å². The van der Waals surface area contributed by atoms with Crippen LogP contribution in [0.1, 0.15) is 56.3 Å². The summed E-state index contributed by atoms with van der Waals surface area (Å²) in [6.07, 6.45) is 0.467. The third-order valence-corrected chi connectivity index (χ3v) is 5.70. The Bertz CT molecular complexity index is 915.